The Labute approximate surface area is 136 Å². The van der Waals surface area contributed by atoms with Gasteiger partial charge in [0, 0.05) is 12.6 Å². The van der Waals surface area contributed by atoms with Crippen LogP contribution in [0.3, 0.4) is 0 Å². The summed E-state index contributed by atoms with van der Waals surface area (Å²) in [5.74, 6) is 1.17. The molecule has 0 unspecified atom stereocenters. The third-order valence-corrected chi connectivity index (χ3v) is 3.50. The van der Waals surface area contributed by atoms with Crippen molar-refractivity contribution in [2.75, 3.05) is 12.1 Å². The normalized spacial score (nSPS) is 12.4. The van der Waals surface area contributed by atoms with Crippen LogP contribution in [0.25, 0.3) is 11.5 Å². The maximum atomic E-state index is 12.2. The van der Waals surface area contributed by atoms with Gasteiger partial charge in [-0.15, -0.1) is 5.10 Å². The van der Waals surface area contributed by atoms with Gasteiger partial charge >= 0.3 is 6.01 Å². The van der Waals surface area contributed by atoms with Crippen LogP contribution in [0.1, 0.15) is 16.2 Å². The number of hydrogen-bond donors (Lipinski definition) is 1. The molecule has 9 heteroatoms. The van der Waals surface area contributed by atoms with Crippen LogP contribution in [-0.4, -0.2) is 32.7 Å². The number of ether oxygens (including phenoxy) is 2. The van der Waals surface area contributed by atoms with Crippen molar-refractivity contribution < 1.29 is 18.7 Å². The first-order valence-corrected chi connectivity index (χ1v) is 7.15. The molecule has 0 atom stereocenters. The monoisotopic (exact) mass is 327 g/mol. The average molecular weight is 327 g/mol. The van der Waals surface area contributed by atoms with Crippen LogP contribution in [0.4, 0.5) is 6.01 Å². The summed E-state index contributed by atoms with van der Waals surface area (Å²) in [7, 11) is 1.69. The number of aromatic nitrogens is 4. The molecule has 2 aromatic heterocycles. The number of anilines is 1. The molecular formula is C15H13N5O4. The maximum absolute atomic E-state index is 12.2. The van der Waals surface area contributed by atoms with E-state index < -0.39 is 0 Å². The van der Waals surface area contributed by atoms with Crippen LogP contribution < -0.4 is 14.8 Å². The number of hydrogen-bond acceptors (Lipinski definition) is 7. The van der Waals surface area contributed by atoms with Crippen LogP contribution in [0.5, 0.6) is 11.5 Å². The van der Waals surface area contributed by atoms with E-state index in [4.69, 9.17) is 13.9 Å². The van der Waals surface area contributed by atoms with Gasteiger partial charge in [0.1, 0.15) is 5.69 Å². The minimum atomic E-state index is -0.376. The highest BCUT2D eigenvalue weighted by atomic mass is 16.7. The van der Waals surface area contributed by atoms with Gasteiger partial charge in [-0.05, 0) is 31.2 Å². The van der Waals surface area contributed by atoms with Crippen molar-refractivity contribution in [3.63, 3.8) is 0 Å². The summed E-state index contributed by atoms with van der Waals surface area (Å²) in [6, 6.07) is 6.96. The van der Waals surface area contributed by atoms with Crippen molar-refractivity contribution in [2.45, 2.75) is 6.92 Å². The van der Waals surface area contributed by atoms with E-state index in [-0.39, 0.29) is 24.6 Å². The molecule has 4 rings (SSSR count). The summed E-state index contributed by atoms with van der Waals surface area (Å²) >= 11 is 0. The van der Waals surface area contributed by atoms with Crippen LogP contribution >= 0.6 is 0 Å². The molecule has 0 saturated heterocycles. The number of carbonyl (C=O) groups is 1. The van der Waals surface area contributed by atoms with Gasteiger partial charge in [0.25, 0.3) is 5.91 Å². The number of fused-ring (bicyclic) bond motifs is 1. The van der Waals surface area contributed by atoms with Crippen LogP contribution in [0.15, 0.2) is 28.7 Å². The smallest absolute Gasteiger partial charge is 0.322 e. The van der Waals surface area contributed by atoms with Crippen molar-refractivity contribution in [1.82, 2.24) is 20.0 Å². The van der Waals surface area contributed by atoms with E-state index in [2.05, 4.69) is 20.6 Å². The largest absolute Gasteiger partial charge is 0.454 e. The summed E-state index contributed by atoms with van der Waals surface area (Å²) < 4.78 is 17.5. The highest BCUT2D eigenvalue weighted by molar-refractivity contribution is 6.01. The number of benzene rings is 1. The van der Waals surface area contributed by atoms with Crippen molar-refractivity contribution in [3.05, 3.63) is 35.7 Å². The molecule has 1 amide bonds. The molecule has 0 radical (unpaired) electrons. The lowest BCUT2D eigenvalue weighted by Crippen LogP contribution is -2.16. The Hall–Kier alpha value is -3.36. The van der Waals surface area contributed by atoms with E-state index in [1.807, 2.05) is 0 Å². The number of nitrogens with zero attached hydrogens (tertiary/aromatic N) is 4. The summed E-state index contributed by atoms with van der Waals surface area (Å²) in [6.45, 7) is 2.00. The summed E-state index contributed by atoms with van der Waals surface area (Å²) in [5.41, 5.74) is 1.81. The first kappa shape index (κ1) is 14.2. The Morgan fingerprint density at radius 1 is 1.21 bits per heavy atom. The fourth-order valence-electron chi connectivity index (χ4n) is 2.40. The van der Waals surface area contributed by atoms with E-state index in [0.29, 0.717) is 22.8 Å². The predicted molar refractivity (Wildman–Crippen MR) is 81.8 cm³/mol. The quantitative estimate of drug-likeness (QED) is 0.781. The number of carbonyl (C=O) groups excluding carboxylic acids is 1. The molecule has 1 aliphatic heterocycles. The molecule has 0 aliphatic carbocycles. The van der Waals surface area contributed by atoms with E-state index in [0.717, 1.165) is 5.69 Å². The third kappa shape index (κ3) is 2.45. The molecule has 9 nitrogen and oxygen atoms in total. The molecule has 1 N–H and O–H groups in total. The zero-order valence-corrected chi connectivity index (χ0v) is 12.9. The number of aryl methyl sites for hydroxylation is 2. The van der Waals surface area contributed by atoms with Gasteiger partial charge in [0.05, 0.1) is 5.69 Å². The topological polar surface area (TPSA) is 104 Å². The predicted octanol–water partition coefficient (Wildman–Crippen LogP) is 1.76. The molecule has 0 saturated carbocycles. The van der Waals surface area contributed by atoms with Gasteiger partial charge in [0.2, 0.25) is 12.7 Å². The SMILES string of the molecule is Cc1cc(C(=O)Nc2nnc(-c3ccc4c(c3)OCO4)o2)n(C)n1. The molecule has 1 aliphatic rings. The lowest BCUT2D eigenvalue weighted by atomic mass is 10.2. The lowest BCUT2D eigenvalue weighted by molar-refractivity contribution is 0.101. The summed E-state index contributed by atoms with van der Waals surface area (Å²) in [5, 5.41) is 14.5. The minimum absolute atomic E-state index is 0.00604. The molecule has 24 heavy (non-hydrogen) atoms. The zero-order valence-electron chi connectivity index (χ0n) is 12.9. The van der Waals surface area contributed by atoms with Gasteiger partial charge in [0.15, 0.2) is 11.5 Å². The Morgan fingerprint density at radius 3 is 2.83 bits per heavy atom. The van der Waals surface area contributed by atoms with Gasteiger partial charge in [-0.25, -0.2) is 0 Å². The van der Waals surface area contributed by atoms with E-state index in [9.17, 15) is 4.79 Å². The van der Waals surface area contributed by atoms with Gasteiger partial charge in [-0.2, -0.15) is 5.10 Å². The Kier molecular flexibility index (Phi) is 3.19. The first-order valence-electron chi connectivity index (χ1n) is 7.15. The fourth-order valence-corrected chi connectivity index (χ4v) is 2.40. The van der Waals surface area contributed by atoms with Crippen LogP contribution in [0.2, 0.25) is 0 Å². The molecule has 0 bridgehead atoms. The first-order chi connectivity index (χ1) is 11.6. The second-order valence-corrected chi connectivity index (χ2v) is 5.23. The number of nitrogens with one attached hydrogen (secondary N) is 1. The van der Waals surface area contributed by atoms with E-state index in [1.165, 1.54) is 4.68 Å². The standard InChI is InChI=1S/C15H13N5O4/c1-8-5-10(20(2)19-8)13(21)16-15-18-17-14(24-15)9-3-4-11-12(6-9)23-7-22-11/h3-6H,7H2,1-2H3,(H,16,18,21). The number of amides is 1. The van der Waals surface area contributed by atoms with Crippen LogP contribution in [0, 0.1) is 6.92 Å². The third-order valence-electron chi connectivity index (χ3n) is 3.50. The molecule has 3 heterocycles. The van der Waals surface area contributed by atoms with Gasteiger partial charge in [-0.1, -0.05) is 5.10 Å². The molecular weight excluding hydrogens is 314 g/mol. The van der Waals surface area contributed by atoms with Crippen molar-refractivity contribution in [2.24, 2.45) is 7.05 Å². The number of rotatable bonds is 3. The Balaban J connectivity index is 1.55. The minimum Gasteiger partial charge on any atom is -0.454 e. The van der Waals surface area contributed by atoms with E-state index >= 15 is 0 Å². The van der Waals surface area contributed by atoms with Crippen LogP contribution in [-0.2, 0) is 7.05 Å². The lowest BCUT2D eigenvalue weighted by Gasteiger charge is -2.00. The van der Waals surface area contributed by atoms with Crippen molar-refractivity contribution in [1.29, 1.82) is 0 Å². The van der Waals surface area contributed by atoms with Crippen molar-refractivity contribution >= 4 is 11.9 Å². The zero-order chi connectivity index (χ0) is 16.7. The van der Waals surface area contributed by atoms with Crippen molar-refractivity contribution in [3.8, 4) is 23.0 Å². The van der Waals surface area contributed by atoms with Gasteiger partial charge in [-0.3, -0.25) is 14.8 Å². The summed E-state index contributed by atoms with van der Waals surface area (Å²) in [4.78, 5) is 12.2. The highest BCUT2D eigenvalue weighted by Gasteiger charge is 2.18. The fraction of sp³-hybridized carbons (Fsp3) is 0.200. The molecule has 122 valence electrons. The molecule has 1 aromatic carbocycles. The average Bonchev–Trinajstić information content (AvgIpc) is 3.26. The van der Waals surface area contributed by atoms with Gasteiger partial charge < -0.3 is 13.9 Å². The molecule has 3 aromatic rings. The van der Waals surface area contributed by atoms with E-state index in [1.54, 1.807) is 38.2 Å². The second kappa shape index (κ2) is 5.37. The Bertz CT molecular complexity index is 930. The molecule has 0 fully saturated rings. The highest BCUT2D eigenvalue weighted by Crippen LogP contribution is 2.35. The maximum Gasteiger partial charge on any atom is 0.322 e. The Morgan fingerprint density at radius 2 is 2.04 bits per heavy atom. The summed E-state index contributed by atoms with van der Waals surface area (Å²) in [6.07, 6.45) is 0. The second-order valence-electron chi connectivity index (χ2n) is 5.23. The molecule has 0 spiro atoms.